The van der Waals surface area contributed by atoms with Crippen LogP contribution in [0, 0.1) is 0 Å². The van der Waals surface area contributed by atoms with Crippen LogP contribution in [0.2, 0.25) is 0 Å². The van der Waals surface area contributed by atoms with E-state index < -0.39 is 23.9 Å². The molecule has 0 bridgehead atoms. The van der Waals surface area contributed by atoms with Crippen LogP contribution in [0.4, 0.5) is 0 Å². The minimum atomic E-state index is -1.82. The van der Waals surface area contributed by atoms with Gasteiger partial charge in [-0.25, -0.2) is 24.0 Å². The molecule has 13 nitrogen and oxygen atoms in total. The van der Waals surface area contributed by atoms with Crippen molar-refractivity contribution in [2.45, 2.75) is 51.2 Å². The summed E-state index contributed by atoms with van der Waals surface area (Å²) in [6.07, 6.45) is 4.26. The van der Waals surface area contributed by atoms with Gasteiger partial charge in [0.05, 0.1) is 17.4 Å². The Hall–Kier alpha value is -3.32. The van der Waals surface area contributed by atoms with Gasteiger partial charge in [0, 0.05) is 38.1 Å². The monoisotopic (exact) mass is 460 g/mol. The number of ether oxygens (including phenoxy) is 1. The zero-order chi connectivity index (χ0) is 24.9. The Labute approximate surface area is 183 Å². The second kappa shape index (κ2) is 13.9. The third-order valence-corrected chi connectivity index (χ3v) is 4.40. The van der Waals surface area contributed by atoms with Crippen molar-refractivity contribution in [3.8, 4) is 0 Å². The Morgan fingerprint density at radius 3 is 1.91 bits per heavy atom. The van der Waals surface area contributed by atoms with Crippen molar-refractivity contribution in [1.29, 1.82) is 0 Å². The van der Waals surface area contributed by atoms with Crippen molar-refractivity contribution in [3.05, 3.63) is 12.2 Å². The molecule has 0 aromatic heterocycles. The van der Waals surface area contributed by atoms with Gasteiger partial charge in [0.1, 0.15) is 0 Å². The molecule has 1 unspecified atom stereocenters. The van der Waals surface area contributed by atoms with E-state index in [1.807, 2.05) is 6.92 Å². The fourth-order valence-corrected chi connectivity index (χ4v) is 2.70. The fraction of sp³-hybridized carbons (Fsp3) is 0.579. The number of oxime groups is 1. The third kappa shape index (κ3) is 11.8. The van der Waals surface area contributed by atoms with Crippen LogP contribution in [0.25, 0.3) is 0 Å². The molecule has 0 aromatic carbocycles. The highest BCUT2D eigenvalue weighted by molar-refractivity contribution is 6.27. The molecule has 1 spiro atoms. The first-order valence-corrected chi connectivity index (χ1v) is 9.55. The van der Waals surface area contributed by atoms with Gasteiger partial charge in [-0.15, -0.1) is 0 Å². The van der Waals surface area contributed by atoms with Gasteiger partial charge >= 0.3 is 29.8 Å². The summed E-state index contributed by atoms with van der Waals surface area (Å²) in [5.41, 5.74) is 0.782. The van der Waals surface area contributed by atoms with E-state index >= 15 is 0 Å². The average molecular weight is 460 g/mol. The number of rotatable bonds is 4. The number of hydrogen-bond acceptors (Lipinski definition) is 9. The Kier molecular flexibility index (Phi) is 12.4. The number of piperidine rings is 1. The molecule has 4 N–H and O–H groups in total. The maximum absolute atomic E-state index is 11.1. The Morgan fingerprint density at radius 2 is 1.53 bits per heavy atom. The number of carbonyl (C=O) groups excluding carboxylic acids is 1. The number of carbonyl (C=O) groups is 5. The van der Waals surface area contributed by atoms with Gasteiger partial charge in [0.15, 0.2) is 0 Å². The molecule has 0 aromatic rings. The van der Waals surface area contributed by atoms with Gasteiger partial charge in [0.2, 0.25) is 0 Å². The quantitative estimate of drug-likeness (QED) is 0.195. The first-order valence-electron chi connectivity index (χ1n) is 9.55. The Morgan fingerprint density at radius 1 is 1.06 bits per heavy atom. The van der Waals surface area contributed by atoms with E-state index in [4.69, 9.17) is 39.6 Å². The van der Waals surface area contributed by atoms with Crippen molar-refractivity contribution in [2.24, 2.45) is 5.16 Å². The zero-order valence-corrected chi connectivity index (χ0v) is 18.0. The number of likely N-dealkylation sites (tertiary alicyclic amines) is 1. The molecule has 2 heterocycles. The normalized spacial score (nSPS) is 20.6. The number of carboxylic acids is 4. The topological polar surface area (TPSA) is 200 Å². The summed E-state index contributed by atoms with van der Waals surface area (Å²) in [7, 11) is 2.13. The van der Waals surface area contributed by atoms with E-state index in [9.17, 15) is 14.4 Å². The van der Waals surface area contributed by atoms with E-state index in [0.717, 1.165) is 38.1 Å². The molecular weight excluding hydrogens is 432 g/mol. The number of nitrogens with zero attached hydrogens (tertiary/aromatic N) is 2. The number of hydrogen-bond donors (Lipinski definition) is 4. The smallest absolute Gasteiger partial charge is 0.414 e. The summed E-state index contributed by atoms with van der Waals surface area (Å²) in [6, 6.07) is 0. The lowest BCUT2D eigenvalue weighted by atomic mass is 9.88. The van der Waals surface area contributed by atoms with E-state index in [1.165, 1.54) is 0 Å². The van der Waals surface area contributed by atoms with Gasteiger partial charge in [0.25, 0.3) is 0 Å². The average Bonchev–Trinajstić information content (AvgIpc) is 3.03. The summed E-state index contributed by atoms with van der Waals surface area (Å²) < 4.78 is 6.07. The standard InChI is InChI=1S/C13H22N2O3.C4H4O4.C2H2O4/c1-4-12(16)18-14-11-9-13(17-10(11)2)5-7-15(3)8-6-13;5-3(6)1-2-4(7)8;3-1(4)2(5)6/h10H,4-9H2,1-3H3;1-2H,(H,5,6)(H,7,8);(H,3,4)(H,5,6)/b14-11-;2-1-;. The lowest BCUT2D eigenvalue weighted by molar-refractivity contribution is -0.159. The lowest BCUT2D eigenvalue weighted by Crippen LogP contribution is -2.42. The van der Waals surface area contributed by atoms with Crippen molar-refractivity contribution in [3.63, 3.8) is 0 Å². The molecule has 2 fully saturated rings. The molecule has 0 amide bonds. The molecule has 32 heavy (non-hydrogen) atoms. The highest BCUT2D eigenvalue weighted by Crippen LogP contribution is 2.37. The second-order valence-corrected chi connectivity index (χ2v) is 6.94. The largest absolute Gasteiger partial charge is 0.478 e. The van der Waals surface area contributed by atoms with Crippen LogP contribution in [-0.2, 0) is 33.5 Å². The Bertz CT molecular complexity index is 724. The van der Waals surface area contributed by atoms with Crippen molar-refractivity contribution < 1.29 is 54.0 Å². The molecule has 0 saturated carbocycles. The van der Waals surface area contributed by atoms with Crippen molar-refractivity contribution in [1.82, 2.24) is 4.90 Å². The van der Waals surface area contributed by atoms with Crippen LogP contribution < -0.4 is 0 Å². The van der Waals surface area contributed by atoms with E-state index in [-0.39, 0.29) is 17.7 Å². The van der Waals surface area contributed by atoms with Crippen LogP contribution in [-0.4, -0.2) is 92.7 Å². The van der Waals surface area contributed by atoms with Crippen LogP contribution in [0.1, 0.15) is 39.5 Å². The van der Waals surface area contributed by atoms with Gasteiger partial charge in [-0.1, -0.05) is 12.1 Å². The molecule has 2 aliphatic rings. The van der Waals surface area contributed by atoms with Crippen LogP contribution in [0.5, 0.6) is 0 Å². The van der Waals surface area contributed by atoms with Gasteiger partial charge in [-0.05, 0) is 26.8 Å². The molecule has 0 radical (unpaired) electrons. The summed E-state index contributed by atoms with van der Waals surface area (Å²) in [5, 5.41) is 34.4. The van der Waals surface area contributed by atoms with Crippen LogP contribution in [0.15, 0.2) is 17.3 Å². The minimum Gasteiger partial charge on any atom is -0.478 e. The molecule has 13 heteroatoms. The third-order valence-electron chi connectivity index (χ3n) is 4.40. The molecule has 2 saturated heterocycles. The van der Waals surface area contributed by atoms with E-state index in [2.05, 4.69) is 17.1 Å². The minimum absolute atomic E-state index is 0.0435. The maximum atomic E-state index is 11.1. The SMILES string of the molecule is CCC(=O)O/N=C1/CC2(CCN(C)CC2)OC1C.O=C(O)/C=C\C(=O)O.O=C(O)C(=O)O. The Balaban J connectivity index is 0.000000571. The summed E-state index contributed by atoms with van der Waals surface area (Å²) in [6.45, 7) is 5.84. The number of aliphatic carboxylic acids is 4. The molecule has 2 rings (SSSR count). The first-order chi connectivity index (χ1) is 14.8. The fourth-order valence-electron chi connectivity index (χ4n) is 2.70. The first kappa shape index (κ1) is 28.7. The lowest BCUT2D eigenvalue weighted by Gasteiger charge is -2.36. The number of carboxylic acid groups (broad SMARTS) is 4. The van der Waals surface area contributed by atoms with E-state index in [1.54, 1.807) is 6.92 Å². The predicted octanol–water partition coefficient (Wildman–Crippen LogP) is 0.436. The summed E-state index contributed by atoms with van der Waals surface area (Å²) in [4.78, 5) is 55.6. The summed E-state index contributed by atoms with van der Waals surface area (Å²) >= 11 is 0. The zero-order valence-electron chi connectivity index (χ0n) is 18.0. The van der Waals surface area contributed by atoms with Gasteiger partial charge < -0.3 is 34.9 Å². The van der Waals surface area contributed by atoms with Crippen molar-refractivity contribution >= 4 is 35.6 Å². The maximum Gasteiger partial charge on any atom is 0.414 e. The van der Waals surface area contributed by atoms with Gasteiger partial charge in [-0.3, -0.25) is 0 Å². The molecule has 2 aliphatic heterocycles. The van der Waals surface area contributed by atoms with Crippen LogP contribution >= 0.6 is 0 Å². The van der Waals surface area contributed by atoms with Crippen molar-refractivity contribution in [2.75, 3.05) is 20.1 Å². The van der Waals surface area contributed by atoms with E-state index in [0.29, 0.717) is 18.6 Å². The molecular formula is C19H28N2O11. The molecule has 180 valence electrons. The highest BCUT2D eigenvalue weighted by atomic mass is 16.7. The summed E-state index contributed by atoms with van der Waals surface area (Å²) in [5.74, 6) is -6.45. The molecule has 0 aliphatic carbocycles. The predicted molar refractivity (Wildman–Crippen MR) is 108 cm³/mol. The van der Waals surface area contributed by atoms with Crippen LogP contribution in [0.3, 0.4) is 0 Å². The highest BCUT2D eigenvalue weighted by Gasteiger charge is 2.44. The molecule has 1 atom stereocenters. The second-order valence-electron chi connectivity index (χ2n) is 6.94. The van der Waals surface area contributed by atoms with Gasteiger partial charge in [-0.2, -0.15) is 0 Å².